The smallest absolute Gasteiger partial charge is 0.305 e. The van der Waals surface area contributed by atoms with Crippen molar-refractivity contribution in [2.24, 2.45) is 5.92 Å². The van der Waals surface area contributed by atoms with Crippen LogP contribution in [0.2, 0.25) is 0 Å². The van der Waals surface area contributed by atoms with Crippen LogP contribution < -0.4 is 5.32 Å². The molecule has 19 heavy (non-hydrogen) atoms. The molecule has 0 aliphatic heterocycles. The molecule has 106 valence electrons. The van der Waals surface area contributed by atoms with E-state index in [1.54, 1.807) is 0 Å². The van der Waals surface area contributed by atoms with Crippen molar-refractivity contribution in [1.82, 2.24) is 5.32 Å². The Balaban J connectivity index is 2.74. The summed E-state index contributed by atoms with van der Waals surface area (Å²) in [5.41, 5.74) is 2.37. The maximum Gasteiger partial charge on any atom is 0.305 e. The first-order valence-corrected chi connectivity index (χ1v) is 7.07. The van der Waals surface area contributed by atoms with E-state index >= 15 is 0 Å². The average Bonchev–Trinajstić information content (AvgIpc) is 2.34. The molecule has 1 unspecified atom stereocenters. The van der Waals surface area contributed by atoms with Crippen molar-refractivity contribution in [3.05, 3.63) is 35.4 Å². The molecule has 1 rings (SSSR count). The first-order chi connectivity index (χ1) is 9.02. The van der Waals surface area contributed by atoms with E-state index in [1.807, 2.05) is 12.1 Å². The van der Waals surface area contributed by atoms with Crippen LogP contribution in [0, 0.1) is 5.92 Å². The van der Waals surface area contributed by atoms with E-state index in [9.17, 15) is 4.79 Å². The topological polar surface area (TPSA) is 49.3 Å². The molecule has 0 spiro atoms. The van der Waals surface area contributed by atoms with Crippen LogP contribution in [0.1, 0.15) is 50.8 Å². The quantitative estimate of drug-likeness (QED) is 0.755. The van der Waals surface area contributed by atoms with Crippen LogP contribution in [0.4, 0.5) is 0 Å². The third-order valence-electron chi connectivity index (χ3n) is 3.05. The fraction of sp³-hybridized carbons (Fsp3) is 0.562. The van der Waals surface area contributed by atoms with E-state index in [0.717, 1.165) is 24.9 Å². The van der Waals surface area contributed by atoms with Crippen LogP contribution in [0.25, 0.3) is 0 Å². The van der Waals surface area contributed by atoms with Gasteiger partial charge in [0.25, 0.3) is 0 Å². The molecule has 0 saturated carbocycles. The van der Waals surface area contributed by atoms with Crippen molar-refractivity contribution in [3.63, 3.8) is 0 Å². The normalized spacial score (nSPS) is 12.6. The fourth-order valence-electron chi connectivity index (χ4n) is 2.16. The van der Waals surface area contributed by atoms with Gasteiger partial charge in [0, 0.05) is 6.04 Å². The minimum Gasteiger partial charge on any atom is -0.481 e. The molecule has 1 atom stereocenters. The number of carboxylic acids is 1. The molecule has 0 bridgehead atoms. The number of rotatable bonds is 8. The van der Waals surface area contributed by atoms with E-state index in [1.165, 1.54) is 5.56 Å². The second-order valence-corrected chi connectivity index (χ2v) is 5.44. The molecule has 0 amide bonds. The predicted molar refractivity (Wildman–Crippen MR) is 78.3 cm³/mol. The second-order valence-electron chi connectivity index (χ2n) is 5.44. The minimum atomic E-state index is -0.764. The van der Waals surface area contributed by atoms with Gasteiger partial charge in [-0.1, -0.05) is 45.0 Å². The predicted octanol–water partition coefficient (Wildman–Crippen LogP) is 3.40. The summed E-state index contributed by atoms with van der Waals surface area (Å²) in [6, 6.07) is 8.22. The van der Waals surface area contributed by atoms with E-state index in [0.29, 0.717) is 5.92 Å². The third kappa shape index (κ3) is 5.88. The van der Waals surface area contributed by atoms with Crippen molar-refractivity contribution < 1.29 is 9.90 Å². The number of nitrogens with one attached hydrogen (secondary N) is 1. The molecule has 3 nitrogen and oxygen atoms in total. The Morgan fingerprint density at radius 1 is 1.26 bits per heavy atom. The Kier molecular flexibility index (Phi) is 6.57. The maximum atomic E-state index is 10.9. The Labute approximate surface area is 116 Å². The number of carbonyl (C=O) groups is 1. The summed E-state index contributed by atoms with van der Waals surface area (Å²) in [6.45, 7) is 7.32. The third-order valence-corrected chi connectivity index (χ3v) is 3.05. The van der Waals surface area contributed by atoms with Gasteiger partial charge in [-0.05, 0) is 36.4 Å². The summed E-state index contributed by atoms with van der Waals surface area (Å²) in [4.78, 5) is 10.9. The molecule has 0 heterocycles. The lowest BCUT2D eigenvalue weighted by Crippen LogP contribution is -2.24. The van der Waals surface area contributed by atoms with Gasteiger partial charge in [0.1, 0.15) is 0 Å². The summed E-state index contributed by atoms with van der Waals surface area (Å²) in [6.07, 6.45) is 2.19. The zero-order valence-electron chi connectivity index (χ0n) is 12.1. The lowest BCUT2D eigenvalue weighted by Gasteiger charge is -2.17. The van der Waals surface area contributed by atoms with Crippen LogP contribution in [0.3, 0.4) is 0 Å². The average molecular weight is 263 g/mol. The van der Waals surface area contributed by atoms with Crippen LogP contribution in [-0.2, 0) is 11.2 Å². The molecule has 3 heteroatoms. The number of hydrogen-bond donors (Lipinski definition) is 2. The van der Waals surface area contributed by atoms with Gasteiger partial charge in [-0.3, -0.25) is 4.79 Å². The fourth-order valence-corrected chi connectivity index (χ4v) is 2.16. The Morgan fingerprint density at radius 2 is 1.89 bits per heavy atom. The zero-order chi connectivity index (χ0) is 14.3. The highest BCUT2D eigenvalue weighted by molar-refractivity contribution is 5.67. The van der Waals surface area contributed by atoms with Crippen molar-refractivity contribution >= 4 is 5.97 Å². The van der Waals surface area contributed by atoms with Gasteiger partial charge >= 0.3 is 5.97 Å². The molecule has 0 fully saturated rings. The first-order valence-electron chi connectivity index (χ1n) is 7.07. The molecule has 0 aliphatic carbocycles. The van der Waals surface area contributed by atoms with E-state index in [2.05, 4.69) is 38.2 Å². The van der Waals surface area contributed by atoms with Crippen molar-refractivity contribution in [1.29, 1.82) is 0 Å². The minimum absolute atomic E-state index is 0.0921. The van der Waals surface area contributed by atoms with E-state index in [-0.39, 0.29) is 12.5 Å². The molecule has 0 radical (unpaired) electrons. The highest BCUT2D eigenvalue weighted by Gasteiger charge is 2.14. The summed E-state index contributed by atoms with van der Waals surface area (Å²) in [5, 5.41) is 12.3. The second kappa shape index (κ2) is 7.95. The molecular formula is C16H25NO2. The van der Waals surface area contributed by atoms with Gasteiger partial charge in [0.05, 0.1) is 6.42 Å². The van der Waals surface area contributed by atoms with Gasteiger partial charge in [-0.15, -0.1) is 0 Å². The molecule has 1 aromatic rings. The highest BCUT2D eigenvalue weighted by atomic mass is 16.4. The van der Waals surface area contributed by atoms with Crippen LogP contribution in [-0.4, -0.2) is 17.6 Å². The SMILES string of the molecule is CCCNC(CC(=O)O)c1ccc(CC(C)C)cc1. The van der Waals surface area contributed by atoms with Crippen molar-refractivity contribution in [2.45, 2.75) is 46.1 Å². The molecule has 2 N–H and O–H groups in total. The Bertz CT molecular complexity index is 384. The van der Waals surface area contributed by atoms with Crippen molar-refractivity contribution in [2.75, 3.05) is 6.54 Å². The monoisotopic (exact) mass is 263 g/mol. The molecule has 0 aromatic heterocycles. The lowest BCUT2D eigenvalue weighted by atomic mass is 9.98. The Morgan fingerprint density at radius 3 is 2.37 bits per heavy atom. The lowest BCUT2D eigenvalue weighted by molar-refractivity contribution is -0.137. The molecule has 0 aliphatic rings. The van der Waals surface area contributed by atoms with Gasteiger partial charge in [0.15, 0.2) is 0 Å². The summed E-state index contributed by atoms with van der Waals surface area (Å²) in [7, 11) is 0. The van der Waals surface area contributed by atoms with Crippen LogP contribution >= 0.6 is 0 Å². The van der Waals surface area contributed by atoms with Crippen LogP contribution in [0.15, 0.2) is 24.3 Å². The standard InChI is InChI=1S/C16H25NO2/c1-4-9-17-15(11-16(18)19)14-7-5-13(6-8-14)10-12(2)3/h5-8,12,15,17H,4,9-11H2,1-3H3,(H,18,19). The number of aliphatic carboxylic acids is 1. The van der Waals surface area contributed by atoms with Crippen molar-refractivity contribution in [3.8, 4) is 0 Å². The Hall–Kier alpha value is -1.35. The van der Waals surface area contributed by atoms with Gasteiger partial charge in [-0.25, -0.2) is 0 Å². The number of hydrogen-bond acceptors (Lipinski definition) is 2. The summed E-state index contributed by atoms with van der Waals surface area (Å²) in [5.74, 6) is -0.126. The molecule has 0 saturated heterocycles. The molecular weight excluding hydrogens is 238 g/mol. The van der Waals surface area contributed by atoms with E-state index < -0.39 is 5.97 Å². The molecule has 1 aromatic carbocycles. The van der Waals surface area contributed by atoms with E-state index in [4.69, 9.17) is 5.11 Å². The first kappa shape index (κ1) is 15.7. The van der Waals surface area contributed by atoms with Crippen LogP contribution in [0.5, 0.6) is 0 Å². The summed E-state index contributed by atoms with van der Waals surface area (Å²) >= 11 is 0. The maximum absolute atomic E-state index is 10.9. The number of benzene rings is 1. The van der Waals surface area contributed by atoms with Gasteiger partial charge in [0.2, 0.25) is 0 Å². The van der Waals surface area contributed by atoms with Gasteiger partial charge in [-0.2, -0.15) is 0 Å². The highest BCUT2D eigenvalue weighted by Crippen LogP contribution is 2.19. The zero-order valence-corrected chi connectivity index (χ0v) is 12.1. The van der Waals surface area contributed by atoms with Gasteiger partial charge < -0.3 is 10.4 Å². The number of carboxylic acid groups (broad SMARTS) is 1. The summed E-state index contributed by atoms with van der Waals surface area (Å²) < 4.78 is 0. The largest absolute Gasteiger partial charge is 0.481 e.